The molecule has 1 N–H and O–H groups in total. The summed E-state index contributed by atoms with van der Waals surface area (Å²) in [5.74, 6) is 0.771. The first kappa shape index (κ1) is 16.6. The third-order valence-electron chi connectivity index (χ3n) is 2.75. The van der Waals surface area contributed by atoms with Crippen LogP contribution in [-0.4, -0.2) is 27.7 Å². The maximum atomic E-state index is 11.9. The van der Waals surface area contributed by atoms with Gasteiger partial charge in [0.05, 0.1) is 17.3 Å². The molecule has 0 aliphatic rings. The summed E-state index contributed by atoms with van der Waals surface area (Å²) >= 11 is 8.46. The predicted octanol–water partition coefficient (Wildman–Crippen LogP) is 3.04. The highest BCUT2D eigenvalue weighted by Gasteiger charge is 2.03. The second-order valence-corrected chi connectivity index (χ2v) is 5.76. The van der Waals surface area contributed by atoms with E-state index >= 15 is 0 Å². The topological polar surface area (TPSA) is 72.3 Å². The van der Waals surface area contributed by atoms with Gasteiger partial charge < -0.3 is 4.74 Å². The van der Waals surface area contributed by atoms with Crippen LogP contribution in [0, 0.1) is 11.7 Å². The molecule has 0 amide bonds. The van der Waals surface area contributed by atoms with E-state index in [1.54, 1.807) is 13.1 Å². The molecule has 2 aromatic rings. The van der Waals surface area contributed by atoms with Gasteiger partial charge in [0.2, 0.25) is 4.77 Å². The quantitative estimate of drug-likeness (QED) is 0.636. The molecule has 6 nitrogen and oxygen atoms in total. The summed E-state index contributed by atoms with van der Waals surface area (Å²) < 4.78 is 7.66. The lowest BCUT2D eigenvalue weighted by Gasteiger charge is -2.07. The van der Waals surface area contributed by atoms with Gasteiger partial charge in [-0.2, -0.15) is 14.9 Å². The van der Waals surface area contributed by atoms with Gasteiger partial charge >= 0.3 is 0 Å². The summed E-state index contributed by atoms with van der Waals surface area (Å²) in [7, 11) is 0. The number of H-pyrrole nitrogens is 1. The highest BCUT2D eigenvalue weighted by atomic mass is 79.9. The first-order valence-corrected chi connectivity index (χ1v) is 7.88. The Morgan fingerprint density at radius 3 is 3.00 bits per heavy atom. The predicted molar refractivity (Wildman–Crippen MR) is 91.3 cm³/mol. The number of aromatic amines is 1. The Morgan fingerprint density at radius 1 is 1.55 bits per heavy atom. The summed E-state index contributed by atoms with van der Waals surface area (Å²) in [5.41, 5.74) is 0.767. The van der Waals surface area contributed by atoms with E-state index in [1.807, 2.05) is 25.1 Å². The molecule has 0 fully saturated rings. The number of benzene rings is 1. The molecule has 1 aromatic carbocycles. The Kier molecular flexibility index (Phi) is 5.62. The maximum Gasteiger partial charge on any atom is 0.296 e. The number of nitrogens with one attached hydrogen (secondary N) is 1. The van der Waals surface area contributed by atoms with Crippen molar-refractivity contribution in [2.75, 3.05) is 6.61 Å². The molecule has 0 aliphatic carbocycles. The van der Waals surface area contributed by atoms with Gasteiger partial charge in [0.15, 0.2) is 0 Å². The molecule has 0 atom stereocenters. The van der Waals surface area contributed by atoms with Gasteiger partial charge in [-0.15, -0.1) is 0 Å². The largest absolute Gasteiger partial charge is 0.492 e. The van der Waals surface area contributed by atoms with E-state index in [4.69, 9.17) is 17.0 Å². The van der Waals surface area contributed by atoms with E-state index in [0.717, 1.165) is 26.9 Å². The number of hydrogen-bond donors (Lipinski definition) is 1. The van der Waals surface area contributed by atoms with Crippen LogP contribution in [0.5, 0.6) is 5.75 Å². The zero-order valence-electron chi connectivity index (χ0n) is 12.2. The molecular weight excluding hydrogens is 368 g/mol. The molecular formula is C14H15BrN4O2S. The van der Waals surface area contributed by atoms with Gasteiger partial charge in [0, 0.05) is 0 Å². The molecule has 0 aliphatic heterocycles. The lowest BCUT2D eigenvalue weighted by Crippen LogP contribution is -2.22. The second kappa shape index (κ2) is 7.46. The zero-order valence-corrected chi connectivity index (χ0v) is 14.6. The average molecular weight is 383 g/mol. The molecule has 0 radical (unpaired) electrons. The van der Waals surface area contributed by atoms with Crippen LogP contribution < -0.4 is 10.3 Å². The van der Waals surface area contributed by atoms with Gasteiger partial charge in [-0.05, 0) is 65.3 Å². The number of nitrogens with zero attached hydrogens (tertiary/aromatic N) is 3. The van der Waals surface area contributed by atoms with Crippen LogP contribution in [0.2, 0.25) is 0 Å². The minimum atomic E-state index is -0.345. The number of rotatable bonds is 5. The molecule has 1 heterocycles. The van der Waals surface area contributed by atoms with Crippen LogP contribution >= 0.6 is 28.1 Å². The van der Waals surface area contributed by atoms with Gasteiger partial charge in [0.25, 0.3) is 5.56 Å². The Labute approximate surface area is 141 Å². The maximum absolute atomic E-state index is 11.9. The third kappa shape index (κ3) is 3.89. The van der Waals surface area contributed by atoms with E-state index in [2.05, 4.69) is 31.2 Å². The van der Waals surface area contributed by atoms with Gasteiger partial charge in [0.1, 0.15) is 11.4 Å². The van der Waals surface area contributed by atoms with Crippen molar-refractivity contribution in [1.29, 1.82) is 0 Å². The molecule has 116 valence electrons. The lowest BCUT2D eigenvalue weighted by molar-refractivity contribution is 0.315. The van der Waals surface area contributed by atoms with Crippen molar-refractivity contribution in [3.63, 3.8) is 0 Å². The number of ether oxygens (including phenoxy) is 1. The summed E-state index contributed by atoms with van der Waals surface area (Å²) in [5, 5.41) is 10.5. The van der Waals surface area contributed by atoms with E-state index in [0.29, 0.717) is 12.3 Å². The molecule has 0 saturated carbocycles. The van der Waals surface area contributed by atoms with Gasteiger partial charge in [-0.3, -0.25) is 9.89 Å². The van der Waals surface area contributed by atoms with E-state index in [-0.39, 0.29) is 10.3 Å². The minimum Gasteiger partial charge on any atom is -0.492 e. The van der Waals surface area contributed by atoms with Crippen molar-refractivity contribution in [3.8, 4) is 5.75 Å². The normalized spacial score (nSPS) is 11.0. The lowest BCUT2D eigenvalue weighted by atomic mass is 10.2. The smallest absolute Gasteiger partial charge is 0.296 e. The Morgan fingerprint density at radius 2 is 2.32 bits per heavy atom. The molecule has 1 aromatic heterocycles. The molecule has 22 heavy (non-hydrogen) atoms. The fraction of sp³-hybridized carbons (Fsp3) is 0.286. The first-order valence-electron chi connectivity index (χ1n) is 6.68. The van der Waals surface area contributed by atoms with Crippen LogP contribution in [-0.2, 0) is 0 Å². The van der Waals surface area contributed by atoms with Crippen LogP contribution in [0.1, 0.15) is 24.6 Å². The van der Waals surface area contributed by atoms with Crippen molar-refractivity contribution in [2.24, 2.45) is 5.10 Å². The van der Waals surface area contributed by atoms with Gasteiger partial charge in [-0.25, -0.2) is 0 Å². The number of hydrogen-bond acceptors (Lipinski definition) is 5. The van der Waals surface area contributed by atoms with Crippen molar-refractivity contribution in [3.05, 3.63) is 49.1 Å². The summed E-state index contributed by atoms with van der Waals surface area (Å²) in [6, 6.07) is 5.56. The third-order valence-corrected chi connectivity index (χ3v) is 3.64. The van der Waals surface area contributed by atoms with Crippen LogP contribution in [0.3, 0.4) is 0 Å². The van der Waals surface area contributed by atoms with Crippen molar-refractivity contribution in [2.45, 2.75) is 20.3 Å². The Balaban J connectivity index is 2.28. The highest BCUT2D eigenvalue weighted by molar-refractivity contribution is 9.10. The minimum absolute atomic E-state index is 0.147. The zero-order chi connectivity index (χ0) is 16.1. The average Bonchev–Trinajstić information content (AvgIpc) is 2.50. The standard InChI is InChI=1S/C14H15BrN4O2S/c1-3-6-21-12-5-4-10(7-11(12)15)8-16-19-13(20)9(2)17-18-14(19)22/h4-5,7-8H,3,6H2,1-2H3,(H,18,22)/b16-8-. The molecule has 0 unspecified atom stereocenters. The Bertz CT molecular complexity index is 813. The molecule has 0 saturated heterocycles. The van der Waals surface area contributed by atoms with E-state index in [9.17, 15) is 4.79 Å². The molecule has 2 rings (SSSR count). The van der Waals surface area contributed by atoms with E-state index in [1.165, 1.54) is 0 Å². The highest BCUT2D eigenvalue weighted by Crippen LogP contribution is 2.25. The number of halogens is 1. The van der Waals surface area contributed by atoms with Crippen LogP contribution in [0.4, 0.5) is 0 Å². The van der Waals surface area contributed by atoms with Crippen LogP contribution in [0.25, 0.3) is 0 Å². The summed E-state index contributed by atoms with van der Waals surface area (Å²) in [6.07, 6.45) is 2.50. The Hall–Kier alpha value is -1.80. The summed E-state index contributed by atoms with van der Waals surface area (Å²) in [6.45, 7) is 4.30. The van der Waals surface area contributed by atoms with Crippen molar-refractivity contribution >= 4 is 34.4 Å². The fourth-order valence-electron chi connectivity index (χ4n) is 1.63. The summed E-state index contributed by atoms with van der Waals surface area (Å²) in [4.78, 5) is 11.9. The second-order valence-electron chi connectivity index (χ2n) is 4.51. The van der Waals surface area contributed by atoms with Gasteiger partial charge in [-0.1, -0.05) is 6.92 Å². The fourth-order valence-corrected chi connectivity index (χ4v) is 2.31. The monoisotopic (exact) mass is 382 g/mol. The molecule has 0 spiro atoms. The first-order chi connectivity index (χ1) is 10.5. The van der Waals surface area contributed by atoms with Crippen molar-refractivity contribution in [1.82, 2.24) is 14.9 Å². The van der Waals surface area contributed by atoms with Crippen LogP contribution in [0.15, 0.2) is 32.6 Å². The number of aromatic nitrogens is 3. The SMILES string of the molecule is CCCOc1ccc(/C=N\n2c(=S)[nH]nc(C)c2=O)cc1Br. The van der Waals surface area contributed by atoms with Crippen molar-refractivity contribution < 1.29 is 4.74 Å². The number of aryl methyl sites for hydroxylation is 1. The molecule has 8 heteroatoms. The molecule has 0 bridgehead atoms. The van der Waals surface area contributed by atoms with E-state index < -0.39 is 0 Å².